The lowest BCUT2D eigenvalue weighted by atomic mass is 10.4. The maximum absolute atomic E-state index is 9.37. The molecule has 2 nitrogen and oxygen atoms in total. The summed E-state index contributed by atoms with van der Waals surface area (Å²) in [6.07, 6.45) is -0.886. The van der Waals surface area contributed by atoms with E-state index in [4.69, 9.17) is 5.11 Å². The van der Waals surface area contributed by atoms with Crippen molar-refractivity contribution in [3.8, 4) is 11.5 Å². The molecule has 1 atom stereocenters. The summed E-state index contributed by atoms with van der Waals surface area (Å²) in [6, 6.07) is 0. The summed E-state index contributed by atoms with van der Waals surface area (Å²) in [5.41, 5.74) is 5.04. The zero-order chi connectivity index (χ0) is 12.9. The minimum atomic E-state index is -1.74. The van der Waals surface area contributed by atoms with Crippen molar-refractivity contribution in [2.24, 2.45) is 0 Å². The Hall–Kier alpha value is -0.303. The maximum atomic E-state index is 9.37. The van der Waals surface area contributed by atoms with Crippen LogP contribution in [0.4, 0.5) is 0 Å². The molecule has 3 heteroatoms. The SMILES string of the molecule is CC(C)[Si](C#CC(O)CO)(C(C)C)C(C)C. The molecule has 1 unspecified atom stereocenters. The second-order valence-electron chi connectivity index (χ2n) is 5.36. The number of aliphatic hydroxyl groups is 2. The highest BCUT2D eigenvalue weighted by Gasteiger charge is 2.41. The lowest BCUT2D eigenvalue weighted by Crippen LogP contribution is -2.43. The topological polar surface area (TPSA) is 40.5 Å². The van der Waals surface area contributed by atoms with Crippen LogP contribution in [0.15, 0.2) is 0 Å². The van der Waals surface area contributed by atoms with E-state index in [2.05, 4.69) is 53.0 Å². The molecular formula is C13H26O2Si. The largest absolute Gasteiger partial charge is 0.393 e. The summed E-state index contributed by atoms with van der Waals surface area (Å²) in [7, 11) is -1.74. The van der Waals surface area contributed by atoms with Gasteiger partial charge in [0.1, 0.15) is 14.2 Å². The number of rotatable bonds is 4. The molecule has 0 heterocycles. The quantitative estimate of drug-likeness (QED) is 0.587. The van der Waals surface area contributed by atoms with E-state index in [0.29, 0.717) is 16.6 Å². The van der Waals surface area contributed by atoms with E-state index in [1.165, 1.54) is 0 Å². The molecule has 0 saturated carbocycles. The summed E-state index contributed by atoms with van der Waals surface area (Å²) in [4.78, 5) is 0. The Balaban J connectivity index is 5.26. The minimum absolute atomic E-state index is 0.272. The first-order valence-corrected chi connectivity index (χ1v) is 8.33. The van der Waals surface area contributed by atoms with E-state index in [1.54, 1.807) is 0 Å². The van der Waals surface area contributed by atoms with Gasteiger partial charge in [0, 0.05) is 0 Å². The second kappa shape index (κ2) is 6.44. The van der Waals surface area contributed by atoms with Gasteiger partial charge in [0.15, 0.2) is 0 Å². The molecular weight excluding hydrogens is 216 g/mol. The molecule has 0 bridgehead atoms. The van der Waals surface area contributed by atoms with Gasteiger partial charge < -0.3 is 10.2 Å². The predicted octanol–water partition coefficient (Wildman–Crippen LogP) is 2.56. The summed E-state index contributed by atoms with van der Waals surface area (Å²) >= 11 is 0. The van der Waals surface area contributed by atoms with Crippen molar-refractivity contribution >= 4 is 8.07 Å². The molecule has 0 spiro atoms. The Morgan fingerprint density at radius 2 is 1.31 bits per heavy atom. The minimum Gasteiger partial charge on any atom is -0.393 e. The fourth-order valence-electron chi connectivity index (χ4n) is 2.69. The second-order valence-corrected chi connectivity index (χ2v) is 10.9. The Kier molecular flexibility index (Phi) is 6.31. The molecule has 0 aliphatic heterocycles. The Labute approximate surface area is 101 Å². The molecule has 0 aliphatic carbocycles. The molecule has 0 rings (SSSR count). The lowest BCUT2D eigenvalue weighted by Gasteiger charge is -2.38. The van der Waals surface area contributed by atoms with Gasteiger partial charge in [-0.1, -0.05) is 47.5 Å². The van der Waals surface area contributed by atoms with Crippen LogP contribution in [0.3, 0.4) is 0 Å². The zero-order valence-electron chi connectivity index (χ0n) is 11.4. The normalized spacial score (nSPS) is 14.2. The van der Waals surface area contributed by atoms with Crippen molar-refractivity contribution in [1.82, 2.24) is 0 Å². The third kappa shape index (κ3) is 3.34. The average Bonchev–Trinajstić information content (AvgIpc) is 2.16. The predicted molar refractivity (Wildman–Crippen MR) is 71.9 cm³/mol. The molecule has 0 radical (unpaired) electrons. The summed E-state index contributed by atoms with van der Waals surface area (Å²) in [5, 5.41) is 18.2. The van der Waals surface area contributed by atoms with Gasteiger partial charge in [0.25, 0.3) is 0 Å². The van der Waals surface area contributed by atoms with E-state index in [0.717, 1.165) is 0 Å². The highest BCUT2D eigenvalue weighted by molar-refractivity contribution is 6.90. The summed E-state index contributed by atoms with van der Waals surface area (Å²) in [5.74, 6) is 2.83. The van der Waals surface area contributed by atoms with Crippen LogP contribution in [-0.2, 0) is 0 Å². The Morgan fingerprint density at radius 3 is 1.56 bits per heavy atom. The van der Waals surface area contributed by atoms with E-state index in [1.807, 2.05) is 0 Å². The van der Waals surface area contributed by atoms with Gasteiger partial charge in [-0.2, -0.15) is 0 Å². The molecule has 0 aromatic heterocycles. The molecule has 2 N–H and O–H groups in total. The number of aliphatic hydroxyl groups excluding tert-OH is 2. The van der Waals surface area contributed by atoms with Crippen molar-refractivity contribution in [3.05, 3.63) is 0 Å². The first-order chi connectivity index (χ1) is 7.28. The van der Waals surface area contributed by atoms with Crippen molar-refractivity contribution < 1.29 is 10.2 Å². The number of hydrogen-bond acceptors (Lipinski definition) is 2. The Bertz CT molecular complexity index is 239. The highest BCUT2D eigenvalue weighted by Crippen LogP contribution is 2.40. The van der Waals surface area contributed by atoms with Crippen LogP contribution in [-0.4, -0.2) is 31.0 Å². The zero-order valence-corrected chi connectivity index (χ0v) is 12.4. The monoisotopic (exact) mass is 242 g/mol. The molecule has 0 aromatic rings. The molecule has 0 aromatic carbocycles. The van der Waals surface area contributed by atoms with Crippen LogP contribution in [0.1, 0.15) is 41.5 Å². The van der Waals surface area contributed by atoms with Crippen LogP contribution in [0.25, 0.3) is 0 Å². The van der Waals surface area contributed by atoms with Crippen LogP contribution >= 0.6 is 0 Å². The average molecular weight is 242 g/mol. The molecule has 0 amide bonds. The number of hydrogen-bond donors (Lipinski definition) is 2. The van der Waals surface area contributed by atoms with Crippen molar-refractivity contribution in [3.63, 3.8) is 0 Å². The van der Waals surface area contributed by atoms with Gasteiger partial charge >= 0.3 is 0 Å². The molecule has 94 valence electrons. The van der Waals surface area contributed by atoms with Gasteiger partial charge in [-0.15, -0.1) is 5.54 Å². The molecule has 0 aliphatic rings. The van der Waals surface area contributed by atoms with E-state index in [9.17, 15) is 5.11 Å². The van der Waals surface area contributed by atoms with E-state index >= 15 is 0 Å². The standard InChI is InChI=1S/C13H26O2Si/c1-10(2)16(11(3)4,12(5)6)8-7-13(15)9-14/h10-15H,9H2,1-6H3. The van der Waals surface area contributed by atoms with Crippen LogP contribution in [0, 0.1) is 11.5 Å². The summed E-state index contributed by atoms with van der Waals surface area (Å²) in [6.45, 7) is 13.1. The lowest BCUT2D eigenvalue weighted by molar-refractivity contribution is 0.138. The Morgan fingerprint density at radius 1 is 0.938 bits per heavy atom. The first kappa shape index (κ1) is 15.7. The van der Waals surface area contributed by atoms with Crippen LogP contribution < -0.4 is 0 Å². The third-order valence-electron chi connectivity index (χ3n) is 3.49. The third-order valence-corrected chi connectivity index (χ3v) is 9.80. The van der Waals surface area contributed by atoms with Gasteiger partial charge in [-0.25, -0.2) is 0 Å². The van der Waals surface area contributed by atoms with Crippen LogP contribution in [0.5, 0.6) is 0 Å². The highest BCUT2D eigenvalue weighted by atomic mass is 28.3. The fraction of sp³-hybridized carbons (Fsp3) is 0.846. The van der Waals surface area contributed by atoms with Crippen molar-refractivity contribution in [2.75, 3.05) is 6.61 Å². The smallest absolute Gasteiger partial charge is 0.146 e. The van der Waals surface area contributed by atoms with Gasteiger partial charge in [0.05, 0.1) is 6.61 Å². The van der Waals surface area contributed by atoms with E-state index in [-0.39, 0.29) is 6.61 Å². The van der Waals surface area contributed by atoms with Crippen molar-refractivity contribution in [2.45, 2.75) is 64.3 Å². The molecule has 0 saturated heterocycles. The molecule has 0 fully saturated rings. The van der Waals surface area contributed by atoms with Crippen molar-refractivity contribution in [1.29, 1.82) is 0 Å². The van der Waals surface area contributed by atoms with Crippen LogP contribution in [0.2, 0.25) is 16.6 Å². The van der Waals surface area contributed by atoms with Gasteiger partial charge in [-0.3, -0.25) is 0 Å². The van der Waals surface area contributed by atoms with Gasteiger partial charge in [-0.05, 0) is 16.6 Å². The fourth-order valence-corrected chi connectivity index (χ4v) is 7.97. The van der Waals surface area contributed by atoms with Gasteiger partial charge in [0.2, 0.25) is 0 Å². The van der Waals surface area contributed by atoms with E-state index < -0.39 is 14.2 Å². The summed E-state index contributed by atoms with van der Waals surface area (Å²) < 4.78 is 0. The molecule has 16 heavy (non-hydrogen) atoms. The first-order valence-electron chi connectivity index (χ1n) is 6.10. The maximum Gasteiger partial charge on any atom is 0.146 e.